The summed E-state index contributed by atoms with van der Waals surface area (Å²) in [6.45, 7) is 13.0. The first-order valence-electron chi connectivity index (χ1n) is 3.83. The van der Waals surface area contributed by atoms with Gasteiger partial charge in [0.05, 0.1) is 0 Å². The van der Waals surface area contributed by atoms with E-state index in [9.17, 15) is 0 Å². The fraction of sp³-hybridized carbons (Fsp3) is 0.889. The van der Waals surface area contributed by atoms with E-state index in [2.05, 4.69) is 34.6 Å². The minimum atomic E-state index is 0. The van der Waals surface area contributed by atoms with E-state index in [0.717, 1.165) is 0 Å². The van der Waals surface area contributed by atoms with E-state index in [0.29, 0.717) is 11.3 Å². The van der Waals surface area contributed by atoms with Gasteiger partial charge in [-0.1, -0.05) is 34.1 Å². The van der Waals surface area contributed by atoms with Crippen molar-refractivity contribution in [2.45, 2.75) is 40.5 Å². The lowest BCUT2D eigenvalue weighted by molar-refractivity contribution is 0.249. The van der Waals surface area contributed by atoms with Crippen molar-refractivity contribution in [3.05, 3.63) is 6.92 Å². The summed E-state index contributed by atoms with van der Waals surface area (Å²) in [7, 11) is 0. The summed E-state index contributed by atoms with van der Waals surface area (Å²) in [5, 5.41) is 0. The Balaban J connectivity index is 0. The van der Waals surface area contributed by atoms with Gasteiger partial charge in [0.1, 0.15) is 0 Å². The highest BCUT2D eigenvalue weighted by molar-refractivity contribution is 5.75. The molecule has 0 bridgehead atoms. The van der Waals surface area contributed by atoms with Gasteiger partial charge in [0, 0.05) is 0 Å². The lowest BCUT2D eigenvalue weighted by atomic mass is 9.78. The fourth-order valence-electron chi connectivity index (χ4n) is 0.891. The Labute approximate surface area is 76.5 Å². The second-order valence-electron chi connectivity index (χ2n) is 3.64. The minimum Gasteiger partial charge on any atom is -0.0654 e. The van der Waals surface area contributed by atoms with E-state index in [1.165, 1.54) is 12.8 Å². The van der Waals surface area contributed by atoms with Gasteiger partial charge < -0.3 is 0 Å². The Hall–Kier alpha value is 0.532. The summed E-state index contributed by atoms with van der Waals surface area (Å²) in [6.07, 6.45) is 2.56. The van der Waals surface area contributed by atoms with Crippen molar-refractivity contribution in [2.75, 3.05) is 0 Å². The molecule has 0 heterocycles. The molecule has 0 nitrogen and oxygen atoms in total. The lowest BCUT2D eigenvalue weighted by Gasteiger charge is -2.28. The maximum Gasteiger partial charge on any atom is 0.187 e. The van der Waals surface area contributed by atoms with Crippen LogP contribution in [-0.4, -0.2) is 17.4 Å². The summed E-state index contributed by atoms with van der Waals surface area (Å²) >= 11 is 0. The second kappa shape index (κ2) is 5.22. The zero-order chi connectivity index (χ0) is 7.49. The first-order valence-corrected chi connectivity index (χ1v) is 3.83. The van der Waals surface area contributed by atoms with Crippen LogP contribution in [-0.2, 0) is 0 Å². The van der Waals surface area contributed by atoms with E-state index in [1.54, 1.807) is 0 Å². The minimum absolute atomic E-state index is 0. The molecule has 0 rings (SSSR count). The molecule has 0 aromatic carbocycles. The zero-order valence-corrected chi connectivity index (χ0v) is 7.20. The number of hydrogen-bond donors (Lipinski definition) is 0. The van der Waals surface area contributed by atoms with Gasteiger partial charge in [-0.2, -0.15) is 0 Å². The predicted octanol–water partition coefficient (Wildman–Crippen LogP) is 2.10. The molecule has 1 unspecified atom stereocenters. The third-order valence-corrected chi connectivity index (χ3v) is 2.23. The standard InChI is InChI=1S/C9H19.Al.3H/c1-6-7-9(4,5)8(2)3;;;;/h8H,2,6-7H2,1,3-5H3;;;;. The SMILES string of the molecule is [AlH3].[CH2]C(C)C(C)(C)CCC. The van der Waals surface area contributed by atoms with E-state index in [-0.39, 0.29) is 17.4 Å². The number of rotatable bonds is 3. The van der Waals surface area contributed by atoms with Crippen molar-refractivity contribution in [3.8, 4) is 0 Å². The lowest BCUT2D eigenvalue weighted by Crippen LogP contribution is -2.18. The first kappa shape index (κ1) is 13.1. The van der Waals surface area contributed by atoms with E-state index >= 15 is 0 Å². The summed E-state index contributed by atoms with van der Waals surface area (Å²) < 4.78 is 0. The molecule has 0 amide bonds. The van der Waals surface area contributed by atoms with E-state index < -0.39 is 0 Å². The highest BCUT2D eigenvalue weighted by atomic mass is 27.0. The fourth-order valence-corrected chi connectivity index (χ4v) is 0.891. The van der Waals surface area contributed by atoms with Crippen LogP contribution < -0.4 is 0 Å². The van der Waals surface area contributed by atoms with Gasteiger partial charge in [-0.15, -0.1) is 0 Å². The molecule has 1 heteroatoms. The Morgan fingerprint density at radius 1 is 1.40 bits per heavy atom. The molecule has 1 radical (unpaired) electrons. The molecule has 1 atom stereocenters. The molecule has 0 spiro atoms. The monoisotopic (exact) mass is 157 g/mol. The van der Waals surface area contributed by atoms with Crippen molar-refractivity contribution >= 4 is 17.4 Å². The van der Waals surface area contributed by atoms with Crippen molar-refractivity contribution in [3.63, 3.8) is 0 Å². The quantitative estimate of drug-likeness (QED) is 0.550. The molecule has 0 aliphatic carbocycles. The summed E-state index contributed by atoms with van der Waals surface area (Å²) in [4.78, 5) is 0. The third kappa shape index (κ3) is 4.36. The van der Waals surface area contributed by atoms with Crippen LogP contribution >= 0.6 is 0 Å². The van der Waals surface area contributed by atoms with Crippen LogP contribution in [0.5, 0.6) is 0 Å². The van der Waals surface area contributed by atoms with Gasteiger partial charge in [0.25, 0.3) is 0 Å². The predicted molar refractivity (Wildman–Crippen MR) is 53.1 cm³/mol. The average molecular weight is 157 g/mol. The van der Waals surface area contributed by atoms with Crippen LogP contribution in [0, 0.1) is 18.3 Å². The third-order valence-electron chi connectivity index (χ3n) is 2.23. The van der Waals surface area contributed by atoms with Crippen LogP contribution in [0.1, 0.15) is 40.5 Å². The average Bonchev–Trinajstić information content (AvgIpc) is 1.65. The normalized spacial score (nSPS) is 11.4. The van der Waals surface area contributed by atoms with Gasteiger partial charge in [-0.05, 0) is 24.7 Å². The second-order valence-corrected chi connectivity index (χ2v) is 3.64. The maximum atomic E-state index is 4.03. The molecule has 0 saturated carbocycles. The molecule has 10 heavy (non-hydrogen) atoms. The van der Waals surface area contributed by atoms with Crippen LogP contribution in [0.25, 0.3) is 0 Å². The van der Waals surface area contributed by atoms with Gasteiger partial charge in [-0.25, -0.2) is 0 Å². The Morgan fingerprint density at radius 3 is 1.90 bits per heavy atom. The van der Waals surface area contributed by atoms with E-state index in [1.807, 2.05) is 0 Å². The van der Waals surface area contributed by atoms with Crippen LogP contribution in [0.2, 0.25) is 0 Å². The molecule has 0 aliphatic heterocycles. The maximum absolute atomic E-state index is 4.03. The Bertz CT molecular complexity index is 74.8. The largest absolute Gasteiger partial charge is 0.187 e. The van der Waals surface area contributed by atoms with Gasteiger partial charge >= 0.3 is 0 Å². The molecule has 0 saturated heterocycles. The van der Waals surface area contributed by atoms with Gasteiger partial charge in [0.15, 0.2) is 17.4 Å². The van der Waals surface area contributed by atoms with Gasteiger partial charge in [0.2, 0.25) is 0 Å². The molecule has 0 aromatic heterocycles. The van der Waals surface area contributed by atoms with Crippen molar-refractivity contribution in [1.29, 1.82) is 0 Å². The molecule has 0 aromatic rings. The number of hydrogen-bond acceptors (Lipinski definition) is 0. The Kier molecular flexibility index (Phi) is 6.86. The smallest absolute Gasteiger partial charge is 0.0654 e. The van der Waals surface area contributed by atoms with Crippen molar-refractivity contribution in [2.24, 2.45) is 11.3 Å². The zero-order valence-electron chi connectivity index (χ0n) is 7.20. The van der Waals surface area contributed by atoms with Crippen molar-refractivity contribution < 1.29 is 0 Å². The van der Waals surface area contributed by atoms with Crippen LogP contribution in [0.3, 0.4) is 0 Å². The summed E-state index contributed by atoms with van der Waals surface area (Å²) in [6, 6.07) is 0. The highest BCUT2D eigenvalue weighted by Gasteiger charge is 2.20. The Morgan fingerprint density at radius 2 is 1.80 bits per heavy atom. The molecular formula is C9H22Al. The molecule has 61 valence electrons. The highest BCUT2D eigenvalue weighted by Crippen LogP contribution is 2.30. The van der Waals surface area contributed by atoms with Crippen LogP contribution in [0.4, 0.5) is 0 Å². The first-order chi connectivity index (χ1) is 4.00. The molecule has 0 N–H and O–H groups in total. The summed E-state index contributed by atoms with van der Waals surface area (Å²) in [5.41, 5.74) is 0.439. The summed E-state index contributed by atoms with van der Waals surface area (Å²) in [5.74, 6) is 0.567. The van der Waals surface area contributed by atoms with E-state index in [4.69, 9.17) is 0 Å². The van der Waals surface area contributed by atoms with Crippen molar-refractivity contribution in [1.82, 2.24) is 0 Å². The van der Waals surface area contributed by atoms with Crippen LogP contribution in [0.15, 0.2) is 0 Å². The molecule has 0 fully saturated rings. The molecular weight excluding hydrogens is 135 g/mol. The topological polar surface area (TPSA) is 0 Å². The van der Waals surface area contributed by atoms with Gasteiger partial charge in [-0.3, -0.25) is 0 Å². The molecule has 0 aliphatic rings.